The molecular formula is C21H32F4O. The van der Waals surface area contributed by atoms with Gasteiger partial charge in [0.1, 0.15) is 5.83 Å². The Morgan fingerprint density at radius 3 is 1.85 bits per heavy atom. The largest absolute Gasteiger partial charge is 0.412 e. The molecule has 26 heavy (non-hydrogen) atoms. The summed E-state index contributed by atoms with van der Waals surface area (Å²) in [6, 6.07) is 0. The Labute approximate surface area is 154 Å². The van der Waals surface area contributed by atoms with Gasteiger partial charge in [-0.15, -0.1) is 0 Å². The van der Waals surface area contributed by atoms with Gasteiger partial charge in [0.05, 0.1) is 12.2 Å². The van der Waals surface area contributed by atoms with Crippen LogP contribution in [0.2, 0.25) is 0 Å². The summed E-state index contributed by atoms with van der Waals surface area (Å²) >= 11 is 0. The summed E-state index contributed by atoms with van der Waals surface area (Å²) in [7, 11) is 0. The Bertz CT molecular complexity index is 463. The van der Waals surface area contributed by atoms with E-state index in [1.54, 1.807) is 0 Å². The summed E-state index contributed by atoms with van der Waals surface area (Å²) in [5.74, 6) is 1.11. The van der Waals surface area contributed by atoms with Gasteiger partial charge in [-0.05, 0) is 87.9 Å². The first kappa shape index (κ1) is 20.2. The second-order valence-electron chi connectivity index (χ2n) is 8.91. The highest BCUT2D eigenvalue weighted by atomic mass is 19.4. The number of halogens is 4. The smallest absolute Gasteiger partial charge is 0.378 e. The first-order chi connectivity index (χ1) is 12.3. The molecule has 5 heteroatoms. The van der Waals surface area contributed by atoms with Crippen molar-refractivity contribution >= 4 is 0 Å². The zero-order valence-corrected chi connectivity index (χ0v) is 15.7. The predicted molar refractivity (Wildman–Crippen MR) is 94.3 cm³/mol. The molecule has 2 aliphatic carbocycles. The fourth-order valence-corrected chi connectivity index (χ4v) is 5.40. The van der Waals surface area contributed by atoms with Crippen LogP contribution in [0.15, 0.2) is 11.9 Å². The highest BCUT2D eigenvalue weighted by molar-refractivity contribution is 5.03. The lowest BCUT2D eigenvalue weighted by molar-refractivity contribution is -0.0821. The van der Waals surface area contributed by atoms with E-state index in [1.807, 2.05) is 0 Å². The molecule has 0 radical (unpaired) electrons. The van der Waals surface area contributed by atoms with E-state index in [1.165, 1.54) is 38.5 Å². The third-order valence-electron chi connectivity index (χ3n) is 7.01. The van der Waals surface area contributed by atoms with Gasteiger partial charge in [0.25, 0.3) is 0 Å². The summed E-state index contributed by atoms with van der Waals surface area (Å²) in [5, 5.41) is 0. The van der Waals surface area contributed by atoms with Gasteiger partial charge in [-0.2, -0.15) is 13.2 Å². The van der Waals surface area contributed by atoms with E-state index >= 15 is 0 Å². The molecule has 1 heterocycles. The van der Waals surface area contributed by atoms with Crippen LogP contribution in [0.25, 0.3) is 0 Å². The summed E-state index contributed by atoms with van der Waals surface area (Å²) in [6.07, 6.45) is 5.91. The first-order valence-electron chi connectivity index (χ1n) is 10.4. The van der Waals surface area contributed by atoms with Gasteiger partial charge in [-0.1, -0.05) is 6.92 Å². The standard InChI is InChI=1S/C21H32F4O/c1-14-2-11-20(26-13-14)18-9-5-16(6-10-18)15-3-7-17(8-4-15)19(22)12-21(23,24)25/h12,14-18,20H,2-11,13H2,1H3/b19-12-. The van der Waals surface area contributed by atoms with Crippen LogP contribution in [0, 0.1) is 29.6 Å². The number of hydrogen-bond acceptors (Lipinski definition) is 1. The van der Waals surface area contributed by atoms with Crippen molar-refractivity contribution in [1.29, 1.82) is 0 Å². The number of hydrogen-bond donors (Lipinski definition) is 0. The SMILES string of the molecule is CC1CCC(C2CCC(C3CCC(/C(F)=C/C(F)(F)F)CC3)CC2)OC1. The fraction of sp³-hybridized carbons (Fsp3) is 0.905. The molecule has 0 amide bonds. The number of rotatable bonds is 3. The molecule has 0 N–H and O–H groups in total. The molecule has 3 aliphatic rings. The lowest BCUT2D eigenvalue weighted by atomic mass is 9.68. The van der Waals surface area contributed by atoms with Crippen molar-refractivity contribution in [3.05, 3.63) is 11.9 Å². The van der Waals surface area contributed by atoms with Gasteiger partial charge in [-0.25, -0.2) is 4.39 Å². The van der Waals surface area contributed by atoms with Crippen LogP contribution in [-0.2, 0) is 4.74 Å². The van der Waals surface area contributed by atoms with Crippen LogP contribution < -0.4 is 0 Å². The predicted octanol–water partition coefficient (Wildman–Crippen LogP) is 6.83. The maximum absolute atomic E-state index is 13.8. The van der Waals surface area contributed by atoms with Gasteiger partial charge >= 0.3 is 6.18 Å². The van der Waals surface area contributed by atoms with Crippen LogP contribution >= 0.6 is 0 Å². The lowest BCUT2D eigenvalue weighted by Crippen LogP contribution is -2.35. The molecule has 1 saturated heterocycles. The van der Waals surface area contributed by atoms with Crippen molar-refractivity contribution in [3.8, 4) is 0 Å². The van der Waals surface area contributed by atoms with Gasteiger partial charge < -0.3 is 4.74 Å². The summed E-state index contributed by atoms with van der Waals surface area (Å²) in [4.78, 5) is 0. The Hall–Kier alpha value is -0.580. The second-order valence-corrected chi connectivity index (χ2v) is 8.91. The molecule has 0 aromatic rings. The molecule has 1 nitrogen and oxygen atoms in total. The molecule has 2 saturated carbocycles. The zero-order valence-electron chi connectivity index (χ0n) is 15.7. The van der Waals surface area contributed by atoms with Gasteiger partial charge in [0, 0.05) is 12.5 Å². The highest BCUT2D eigenvalue weighted by Crippen LogP contribution is 2.45. The monoisotopic (exact) mass is 376 g/mol. The fourth-order valence-electron chi connectivity index (χ4n) is 5.40. The minimum absolute atomic E-state index is 0.145. The molecule has 150 valence electrons. The third-order valence-corrected chi connectivity index (χ3v) is 7.01. The Morgan fingerprint density at radius 1 is 0.808 bits per heavy atom. The van der Waals surface area contributed by atoms with Crippen molar-refractivity contribution in [2.75, 3.05) is 6.61 Å². The Balaban J connectivity index is 1.42. The van der Waals surface area contributed by atoms with E-state index in [2.05, 4.69) is 6.92 Å². The van der Waals surface area contributed by atoms with E-state index < -0.39 is 17.9 Å². The first-order valence-corrected chi connectivity index (χ1v) is 10.4. The molecule has 3 rings (SSSR count). The van der Waals surface area contributed by atoms with Gasteiger partial charge in [0.2, 0.25) is 0 Å². The molecule has 2 unspecified atom stereocenters. The van der Waals surface area contributed by atoms with Crippen LogP contribution in [-0.4, -0.2) is 18.9 Å². The van der Waals surface area contributed by atoms with Crippen molar-refractivity contribution in [2.45, 2.75) is 83.4 Å². The quantitative estimate of drug-likeness (QED) is 0.491. The molecule has 3 fully saturated rings. The molecule has 1 aliphatic heterocycles. The van der Waals surface area contributed by atoms with Crippen molar-refractivity contribution in [3.63, 3.8) is 0 Å². The third kappa shape index (κ3) is 5.46. The summed E-state index contributed by atoms with van der Waals surface area (Å²) in [6.45, 7) is 3.14. The van der Waals surface area contributed by atoms with Crippen LogP contribution in [0.1, 0.15) is 71.1 Å². The van der Waals surface area contributed by atoms with Crippen LogP contribution in [0.3, 0.4) is 0 Å². The van der Waals surface area contributed by atoms with Gasteiger partial charge in [0.15, 0.2) is 0 Å². The van der Waals surface area contributed by atoms with E-state index in [0.717, 1.165) is 19.4 Å². The lowest BCUT2D eigenvalue weighted by Gasteiger charge is -2.41. The van der Waals surface area contributed by atoms with Crippen molar-refractivity contribution in [1.82, 2.24) is 0 Å². The average Bonchev–Trinajstić information content (AvgIpc) is 2.61. The van der Waals surface area contributed by atoms with Crippen LogP contribution in [0.4, 0.5) is 17.6 Å². The van der Waals surface area contributed by atoms with Crippen molar-refractivity contribution in [2.24, 2.45) is 29.6 Å². The topological polar surface area (TPSA) is 9.23 Å². The summed E-state index contributed by atoms with van der Waals surface area (Å²) < 4.78 is 56.8. The van der Waals surface area contributed by atoms with E-state index in [4.69, 9.17) is 4.74 Å². The maximum atomic E-state index is 13.8. The van der Waals surface area contributed by atoms with E-state index in [9.17, 15) is 17.6 Å². The minimum atomic E-state index is -4.54. The van der Waals surface area contributed by atoms with E-state index in [0.29, 0.717) is 42.6 Å². The zero-order chi connectivity index (χ0) is 18.7. The molecular weight excluding hydrogens is 344 g/mol. The normalized spacial score (nSPS) is 40.4. The van der Waals surface area contributed by atoms with Gasteiger partial charge in [-0.3, -0.25) is 0 Å². The average molecular weight is 376 g/mol. The maximum Gasteiger partial charge on any atom is 0.412 e. The van der Waals surface area contributed by atoms with Crippen LogP contribution in [0.5, 0.6) is 0 Å². The molecule has 0 aromatic heterocycles. The molecule has 0 aromatic carbocycles. The molecule has 0 bridgehead atoms. The number of ether oxygens (including phenoxy) is 1. The van der Waals surface area contributed by atoms with E-state index in [-0.39, 0.29) is 6.08 Å². The second kappa shape index (κ2) is 8.62. The molecule has 2 atom stereocenters. The minimum Gasteiger partial charge on any atom is -0.378 e. The number of alkyl halides is 3. The highest BCUT2D eigenvalue weighted by Gasteiger charge is 2.36. The Morgan fingerprint density at radius 2 is 1.35 bits per heavy atom. The van der Waals surface area contributed by atoms with Crippen molar-refractivity contribution < 1.29 is 22.3 Å². The summed E-state index contributed by atoms with van der Waals surface area (Å²) in [5.41, 5.74) is 0. The molecule has 0 spiro atoms. The Kier molecular flexibility index (Phi) is 6.68. The number of allylic oxidation sites excluding steroid dienone is 2.